The van der Waals surface area contributed by atoms with Gasteiger partial charge in [0.2, 0.25) is 0 Å². The van der Waals surface area contributed by atoms with E-state index in [1.54, 1.807) is 0 Å². The Balaban J connectivity index is 1.96. The molecule has 3 unspecified atom stereocenters. The van der Waals surface area contributed by atoms with Crippen molar-refractivity contribution in [3.05, 3.63) is 0 Å². The number of unbranched alkanes of at least 4 members (excludes halogenated alkanes) is 14. The molecule has 0 aromatic heterocycles. The summed E-state index contributed by atoms with van der Waals surface area (Å²) in [7, 11) is 4.42. The van der Waals surface area contributed by atoms with Crippen LogP contribution >= 0.6 is 0 Å². The second kappa shape index (κ2) is 22.6. The van der Waals surface area contributed by atoms with Gasteiger partial charge in [-0.15, -0.1) is 0 Å². The minimum atomic E-state index is 0.0413. The van der Waals surface area contributed by atoms with Crippen LogP contribution in [0.5, 0.6) is 0 Å². The maximum atomic E-state index is 12.1. The summed E-state index contributed by atoms with van der Waals surface area (Å²) < 4.78 is 5.59. The molecule has 1 rings (SSSR count). The van der Waals surface area contributed by atoms with Crippen LogP contribution in [0, 0.1) is 17.8 Å². The van der Waals surface area contributed by atoms with E-state index in [-0.39, 0.29) is 5.97 Å². The van der Waals surface area contributed by atoms with E-state index in [1.165, 1.54) is 135 Å². The van der Waals surface area contributed by atoms with E-state index in [2.05, 4.69) is 32.8 Å². The molecular weight excluding hydrogens is 430 g/mol. The molecule has 0 amide bonds. The largest absolute Gasteiger partial charge is 0.465 e. The Labute approximate surface area is 220 Å². The molecule has 0 N–H and O–H groups in total. The Bertz CT molecular complexity index is 478. The van der Waals surface area contributed by atoms with Crippen LogP contribution in [-0.2, 0) is 9.53 Å². The molecule has 0 bridgehead atoms. The maximum absolute atomic E-state index is 12.1. The van der Waals surface area contributed by atoms with Gasteiger partial charge < -0.3 is 9.64 Å². The molecule has 0 spiro atoms. The summed E-state index contributed by atoms with van der Waals surface area (Å²) in [5, 5.41) is 0. The first-order valence-electron chi connectivity index (χ1n) is 15.9. The van der Waals surface area contributed by atoms with Gasteiger partial charge in [-0.1, -0.05) is 123 Å². The number of carbonyl (C=O) groups excluding carboxylic acids is 1. The number of hydrogen-bond donors (Lipinski definition) is 0. The lowest BCUT2D eigenvalue weighted by molar-refractivity contribution is -0.144. The van der Waals surface area contributed by atoms with E-state index in [9.17, 15) is 4.79 Å². The van der Waals surface area contributed by atoms with E-state index in [1.807, 2.05) is 0 Å². The summed E-state index contributed by atoms with van der Waals surface area (Å²) in [6, 6.07) is 0. The Morgan fingerprint density at radius 3 is 1.80 bits per heavy atom. The first-order chi connectivity index (χ1) is 17.1. The number of rotatable bonds is 26. The van der Waals surface area contributed by atoms with Crippen LogP contribution in [0.1, 0.15) is 155 Å². The molecule has 0 radical (unpaired) electrons. The molecule has 0 aromatic carbocycles. The van der Waals surface area contributed by atoms with Crippen molar-refractivity contribution in [1.29, 1.82) is 0 Å². The topological polar surface area (TPSA) is 29.5 Å². The van der Waals surface area contributed by atoms with Gasteiger partial charge in [0.15, 0.2) is 0 Å². The zero-order valence-electron chi connectivity index (χ0n) is 24.5. The average Bonchev–Trinajstić information content (AvgIpc) is 3.59. The Kier molecular flexibility index (Phi) is 21.0. The van der Waals surface area contributed by atoms with Crippen molar-refractivity contribution in [3.8, 4) is 0 Å². The highest BCUT2D eigenvalue weighted by molar-refractivity contribution is 5.69. The lowest BCUT2D eigenvalue weighted by Crippen LogP contribution is -2.21. The van der Waals surface area contributed by atoms with E-state index in [4.69, 9.17) is 4.74 Å². The van der Waals surface area contributed by atoms with Crippen molar-refractivity contribution in [2.45, 2.75) is 155 Å². The van der Waals surface area contributed by atoms with Crippen LogP contribution in [0.2, 0.25) is 0 Å². The van der Waals surface area contributed by atoms with Gasteiger partial charge >= 0.3 is 5.97 Å². The van der Waals surface area contributed by atoms with Crippen LogP contribution in [0.3, 0.4) is 0 Å². The third-order valence-corrected chi connectivity index (χ3v) is 8.04. The molecule has 3 nitrogen and oxygen atoms in total. The molecule has 0 aromatic rings. The predicted octanol–water partition coefficient (Wildman–Crippen LogP) is 9.58. The molecule has 208 valence electrons. The smallest absolute Gasteiger partial charge is 0.305 e. The molecule has 1 saturated carbocycles. The highest BCUT2D eigenvalue weighted by Gasteiger charge is 2.37. The molecule has 1 aliphatic rings. The highest BCUT2D eigenvalue weighted by Crippen LogP contribution is 2.42. The number of carbonyl (C=O) groups is 1. The minimum absolute atomic E-state index is 0.0413. The van der Waals surface area contributed by atoms with Gasteiger partial charge in [0.25, 0.3) is 0 Å². The molecule has 0 heterocycles. The van der Waals surface area contributed by atoms with Crippen molar-refractivity contribution in [2.24, 2.45) is 17.8 Å². The van der Waals surface area contributed by atoms with Crippen LogP contribution in [0.15, 0.2) is 0 Å². The Morgan fingerprint density at radius 2 is 1.23 bits per heavy atom. The van der Waals surface area contributed by atoms with Crippen LogP contribution in [0.25, 0.3) is 0 Å². The fourth-order valence-electron chi connectivity index (χ4n) is 5.62. The molecule has 3 heteroatoms. The lowest BCUT2D eigenvalue weighted by Gasteiger charge is -2.21. The SMILES string of the molecule is CCCCCCCCCC(CCCCCCC(=O)OCC1CC1CCCCCCCC)CN(C)C. The van der Waals surface area contributed by atoms with Gasteiger partial charge in [0.05, 0.1) is 6.61 Å². The normalized spacial score (nSPS) is 18.2. The van der Waals surface area contributed by atoms with Gasteiger partial charge in [-0.25, -0.2) is 0 Å². The molecule has 3 atom stereocenters. The van der Waals surface area contributed by atoms with E-state index >= 15 is 0 Å². The van der Waals surface area contributed by atoms with Crippen molar-refractivity contribution >= 4 is 5.97 Å². The first-order valence-corrected chi connectivity index (χ1v) is 15.9. The lowest BCUT2D eigenvalue weighted by atomic mass is 9.93. The van der Waals surface area contributed by atoms with E-state index in [0.29, 0.717) is 18.9 Å². The fourth-order valence-corrected chi connectivity index (χ4v) is 5.62. The van der Waals surface area contributed by atoms with E-state index in [0.717, 1.165) is 18.3 Å². The summed E-state index contributed by atoms with van der Waals surface area (Å²) in [6.07, 6.45) is 28.8. The van der Waals surface area contributed by atoms with Crippen LogP contribution in [-0.4, -0.2) is 38.1 Å². The summed E-state index contributed by atoms with van der Waals surface area (Å²) in [6.45, 7) is 6.48. The first kappa shape index (κ1) is 32.5. The summed E-state index contributed by atoms with van der Waals surface area (Å²) in [5.41, 5.74) is 0. The molecule has 0 saturated heterocycles. The second-order valence-electron chi connectivity index (χ2n) is 12.0. The van der Waals surface area contributed by atoms with Crippen LogP contribution in [0.4, 0.5) is 0 Å². The van der Waals surface area contributed by atoms with Gasteiger partial charge in [-0.3, -0.25) is 4.79 Å². The minimum Gasteiger partial charge on any atom is -0.465 e. The number of esters is 1. The molecular formula is C32H63NO2. The maximum Gasteiger partial charge on any atom is 0.305 e. The van der Waals surface area contributed by atoms with Gasteiger partial charge in [-0.05, 0) is 57.5 Å². The summed E-state index contributed by atoms with van der Waals surface area (Å²) in [5.74, 6) is 2.39. The second-order valence-corrected chi connectivity index (χ2v) is 12.0. The average molecular weight is 494 g/mol. The highest BCUT2D eigenvalue weighted by atomic mass is 16.5. The van der Waals surface area contributed by atoms with Crippen LogP contribution < -0.4 is 0 Å². The fraction of sp³-hybridized carbons (Fsp3) is 0.969. The predicted molar refractivity (Wildman–Crippen MR) is 153 cm³/mol. The third kappa shape index (κ3) is 20.2. The monoisotopic (exact) mass is 493 g/mol. The molecule has 0 aliphatic heterocycles. The zero-order chi connectivity index (χ0) is 25.6. The van der Waals surface area contributed by atoms with Crippen molar-refractivity contribution < 1.29 is 9.53 Å². The van der Waals surface area contributed by atoms with Gasteiger partial charge in [0, 0.05) is 13.0 Å². The van der Waals surface area contributed by atoms with Gasteiger partial charge in [-0.2, -0.15) is 0 Å². The van der Waals surface area contributed by atoms with Crippen molar-refractivity contribution in [2.75, 3.05) is 27.2 Å². The summed E-state index contributed by atoms with van der Waals surface area (Å²) in [4.78, 5) is 14.5. The zero-order valence-corrected chi connectivity index (χ0v) is 24.5. The standard InChI is InChI=1S/C32H63NO2/c1-5-7-9-11-13-14-18-22-29(27-33(3)4)23-19-16-17-21-25-32(34)35-28-31-26-30(31)24-20-15-12-10-8-6-2/h29-31H,5-28H2,1-4H3. The van der Waals surface area contributed by atoms with E-state index < -0.39 is 0 Å². The summed E-state index contributed by atoms with van der Waals surface area (Å²) >= 11 is 0. The Hall–Kier alpha value is -0.570. The number of nitrogens with zero attached hydrogens (tertiary/aromatic N) is 1. The molecule has 35 heavy (non-hydrogen) atoms. The van der Waals surface area contributed by atoms with Crippen molar-refractivity contribution in [1.82, 2.24) is 4.90 Å². The molecule has 1 aliphatic carbocycles. The number of hydrogen-bond acceptors (Lipinski definition) is 3. The van der Waals surface area contributed by atoms with Gasteiger partial charge in [0.1, 0.15) is 0 Å². The van der Waals surface area contributed by atoms with Crippen molar-refractivity contribution in [3.63, 3.8) is 0 Å². The quantitative estimate of drug-likeness (QED) is 0.0887. The molecule has 1 fully saturated rings. The Morgan fingerprint density at radius 1 is 0.714 bits per heavy atom. The third-order valence-electron chi connectivity index (χ3n) is 8.04. The number of ether oxygens (including phenoxy) is 1.